The molecule has 0 unspecified atom stereocenters. The Bertz CT molecular complexity index is 902. The molecule has 1 aromatic carbocycles. The molecule has 0 saturated carbocycles. The summed E-state index contributed by atoms with van der Waals surface area (Å²) in [7, 11) is 2.03. The second-order valence-electron chi connectivity index (χ2n) is 6.28. The van der Waals surface area contributed by atoms with Crippen molar-refractivity contribution in [3.63, 3.8) is 0 Å². The van der Waals surface area contributed by atoms with Crippen LogP contribution in [0.25, 0.3) is 11.4 Å². The van der Waals surface area contributed by atoms with Gasteiger partial charge in [-0.15, -0.1) is 11.3 Å². The van der Waals surface area contributed by atoms with E-state index in [1.807, 2.05) is 18.8 Å². The summed E-state index contributed by atoms with van der Waals surface area (Å²) in [6.45, 7) is 7.29. The molecule has 0 fully saturated rings. The standard InChI is InChI=1S/C20H23N5S/c1-5-25(4)13-23-17-9-14(2)16(8-15(17)3)10-20-24-19(12-26-20)18-11-21-6-7-22-18/h6-9,11-13H,5,10H2,1-4H3. The zero-order valence-corrected chi connectivity index (χ0v) is 16.4. The van der Waals surface area contributed by atoms with Gasteiger partial charge >= 0.3 is 0 Å². The van der Waals surface area contributed by atoms with Gasteiger partial charge in [0.1, 0.15) is 11.4 Å². The molecule has 0 N–H and O–H groups in total. The summed E-state index contributed by atoms with van der Waals surface area (Å²) in [6, 6.07) is 4.37. The van der Waals surface area contributed by atoms with Crippen molar-refractivity contribution in [2.75, 3.05) is 13.6 Å². The second kappa shape index (κ2) is 8.19. The number of hydrogen-bond donors (Lipinski definition) is 0. The highest BCUT2D eigenvalue weighted by Crippen LogP contribution is 2.27. The van der Waals surface area contributed by atoms with Crippen molar-refractivity contribution in [1.82, 2.24) is 19.9 Å². The van der Waals surface area contributed by atoms with Crippen LogP contribution in [-0.4, -0.2) is 39.8 Å². The van der Waals surface area contributed by atoms with Gasteiger partial charge in [0.15, 0.2) is 0 Å². The Hall–Kier alpha value is -2.60. The maximum Gasteiger partial charge on any atom is 0.108 e. The van der Waals surface area contributed by atoms with Crippen LogP contribution in [-0.2, 0) is 6.42 Å². The van der Waals surface area contributed by atoms with Gasteiger partial charge < -0.3 is 4.90 Å². The molecule has 5 nitrogen and oxygen atoms in total. The molecular formula is C20H23N5S. The van der Waals surface area contributed by atoms with E-state index >= 15 is 0 Å². The predicted molar refractivity (Wildman–Crippen MR) is 108 cm³/mol. The molecule has 0 aliphatic heterocycles. The van der Waals surface area contributed by atoms with E-state index in [0.717, 1.165) is 35.0 Å². The molecular weight excluding hydrogens is 342 g/mol. The first-order valence-corrected chi connectivity index (χ1v) is 9.50. The molecule has 2 aromatic heterocycles. The molecule has 0 bridgehead atoms. The van der Waals surface area contributed by atoms with Crippen LogP contribution in [0.2, 0.25) is 0 Å². The lowest BCUT2D eigenvalue weighted by molar-refractivity contribution is 0.552. The van der Waals surface area contributed by atoms with E-state index in [1.54, 1.807) is 29.9 Å². The Morgan fingerprint density at radius 1 is 1.15 bits per heavy atom. The first-order valence-electron chi connectivity index (χ1n) is 8.62. The lowest BCUT2D eigenvalue weighted by Gasteiger charge is -2.11. The van der Waals surface area contributed by atoms with E-state index in [1.165, 1.54) is 16.7 Å². The normalized spacial score (nSPS) is 11.2. The van der Waals surface area contributed by atoms with Crippen LogP contribution in [0.5, 0.6) is 0 Å². The molecule has 3 rings (SSSR count). The van der Waals surface area contributed by atoms with Gasteiger partial charge in [-0.05, 0) is 43.5 Å². The summed E-state index contributed by atoms with van der Waals surface area (Å²) >= 11 is 1.66. The molecule has 0 amide bonds. The summed E-state index contributed by atoms with van der Waals surface area (Å²) in [5, 5.41) is 3.12. The third-order valence-corrected chi connectivity index (χ3v) is 5.12. The van der Waals surface area contributed by atoms with Crippen LogP contribution in [0.1, 0.15) is 28.6 Å². The summed E-state index contributed by atoms with van der Waals surface area (Å²) in [4.78, 5) is 19.8. The van der Waals surface area contributed by atoms with E-state index in [9.17, 15) is 0 Å². The van der Waals surface area contributed by atoms with Crippen LogP contribution in [0.15, 0.2) is 41.1 Å². The smallest absolute Gasteiger partial charge is 0.108 e. The zero-order chi connectivity index (χ0) is 18.5. The van der Waals surface area contributed by atoms with Crippen molar-refractivity contribution in [2.45, 2.75) is 27.2 Å². The number of hydrogen-bond acceptors (Lipinski definition) is 5. The highest BCUT2D eigenvalue weighted by atomic mass is 32.1. The van der Waals surface area contributed by atoms with Gasteiger partial charge in [-0.25, -0.2) is 9.98 Å². The average molecular weight is 366 g/mol. The number of aliphatic imine (C=N–C) groups is 1. The Morgan fingerprint density at radius 3 is 2.73 bits per heavy atom. The molecule has 134 valence electrons. The quantitative estimate of drug-likeness (QED) is 0.479. The number of nitrogens with zero attached hydrogens (tertiary/aromatic N) is 5. The van der Waals surface area contributed by atoms with Crippen LogP contribution in [0, 0.1) is 13.8 Å². The van der Waals surface area contributed by atoms with E-state index in [4.69, 9.17) is 4.98 Å². The highest BCUT2D eigenvalue weighted by molar-refractivity contribution is 7.10. The fourth-order valence-corrected chi connectivity index (χ4v) is 3.35. The van der Waals surface area contributed by atoms with E-state index in [2.05, 4.69) is 52.8 Å². The molecule has 0 aliphatic rings. The molecule has 0 spiro atoms. The first-order chi connectivity index (χ1) is 12.6. The Balaban J connectivity index is 1.79. The van der Waals surface area contributed by atoms with Crippen molar-refractivity contribution >= 4 is 23.4 Å². The molecule has 0 radical (unpaired) electrons. The van der Waals surface area contributed by atoms with Crippen LogP contribution >= 0.6 is 11.3 Å². The molecule has 26 heavy (non-hydrogen) atoms. The fourth-order valence-electron chi connectivity index (χ4n) is 2.54. The maximum atomic E-state index is 4.72. The first kappa shape index (κ1) is 18.2. The van der Waals surface area contributed by atoms with E-state index in [-0.39, 0.29) is 0 Å². The van der Waals surface area contributed by atoms with Crippen molar-refractivity contribution in [3.8, 4) is 11.4 Å². The third-order valence-electron chi connectivity index (χ3n) is 4.27. The van der Waals surface area contributed by atoms with Gasteiger partial charge in [-0.1, -0.05) is 6.07 Å². The lowest BCUT2D eigenvalue weighted by Crippen LogP contribution is -2.14. The van der Waals surface area contributed by atoms with Gasteiger partial charge in [0.2, 0.25) is 0 Å². The van der Waals surface area contributed by atoms with Gasteiger partial charge in [-0.2, -0.15) is 0 Å². The minimum atomic E-state index is 0.813. The minimum absolute atomic E-state index is 0.813. The summed E-state index contributed by atoms with van der Waals surface area (Å²) in [5.74, 6) is 0. The molecule has 0 aliphatic carbocycles. The van der Waals surface area contributed by atoms with Gasteiger partial charge in [0.05, 0.1) is 23.2 Å². The maximum absolute atomic E-state index is 4.72. The van der Waals surface area contributed by atoms with Gasteiger partial charge in [0.25, 0.3) is 0 Å². The SMILES string of the molecule is CCN(C)C=Nc1cc(C)c(Cc2nc(-c3cnccn3)cs2)cc1C. The summed E-state index contributed by atoms with van der Waals surface area (Å²) < 4.78 is 0. The van der Waals surface area contributed by atoms with Crippen LogP contribution in [0.3, 0.4) is 0 Å². The minimum Gasteiger partial charge on any atom is -0.366 e. The summed E-state index contributed by atoms with van der Waals surface area (Å²) in [6.07, 6.45) is 7.81. The Morgan fingerprint density at radius 2 is 2.00 bits per heavy atom. The fraction of sp³-hybridized carbons (Fsp3) is 0.300. The van der Waals surface area contributed by atoms with Crippen molar-refractivity contribution in [1.29, 1.82) is 0 Å². The lowest BCUT2D eigenvalue weighted by atomic mass is 10.0. The van der Waals surface area contributed by atoms with Crippen molar-refractivity contribution in [2.24, 2.45) is 4.99 Å². The van der Waals surface area contributed by atoms with Crippen LogP contribution in [0.4, 0.5) is 5.69 Å². The number of aryl methyl sites for hydroxylation is 2. The van der Waals surface area contributed by atoms with E-state index < -0.39 is 0 Å². The van der Waals surface area contributed by atoms with Gasteiger partial charge in [0, 0.05) is 37.8 Å². The Labute approximate surface area is 158 Å². The molecule has 3 aromatic rings. The third kappa shape index (κ3) is 4.32. The number of benzene rings is 1. The molecule has 2 heterocycles. The van der Waals surface area contributed by atoms with Crippen molar-refractivity contribution in [3.05, 3.63) is 57.8 Å². The van der Waals surface area contributed by atoms with E-state index in [0.29, 0.717) is 0 Å². The molecule has 0 atom stereocenters. The largest absolute Gasteiger partial charge is 0.366 e. The topological polar surface area (TPSA) is 54.3 Å². The zero-order valence-electron chi connectivity index (χ0n) is 15.6. The number of rotatable bonds is 6. The van der Waals surface area contributed by atoms with Gasteiger partial charge in [-0.3, -0.25) is 9.97 Å². The van der Waals surface area contributed by atoms with Crippen LogP contribution < -0.4 is 0 Å². The van der Waals surface area contributed by atoms with Crippen molar-refractivity contribution < 1.29 is 0 Å². The second-order valence-corrected chi connectivity index (χ2v) is 7.22. The summed E-state index contributed by atoms with van der Waals surface area (Å²) in [5.41, 5.74) is 6.41. The molecule has 6 heteroatoms. The Kier molecular flexibility index (Phi) is 5.73. The monoisotopic (exact) mass is 365 g/mol. The predicted octanol–water partition coefficient (Wildman–Crippen LogP) is 4.42. The molecule has 0 saturated heterocycles. The highest BCUT2D eigenvalue weighted by Gasteiger charge is 2.10. The number of aromatic nitrogens is 3. The number of thiazole rings is 1. The average Bonchev–Trinajstić information content (AvgIpc) is 3.12.